The lowest BCUT2D eigenvalue weighted by Crippen LogP contribution is -2.60. The lowest BCUT2D eigenvalue weighted by molar-refractivity contribution is -0.257. The zero-order valence-electron chi connectivity index (χ0n) is 25.4. The van der Waals surface area contributed by atoms with Gasteiger partial charge in [-0.2, -0.15) is 0 Å². The first-order chi connectivity index (χ1) is 22.1. The van der Waals surface area contributed by atoms with Crippen LogP contribution in [0, 0.1) is 0 Å². The number of hydrogen-bond donors (Lipinski definition) is 0. The van der Waals surface area contributed by atoms with Gasteiger partial charge >= 0.3 is 5.97 Å². The van der Waals surface area contributed by atoms with E-state index in [0.29, 0.717) is 25.4 Å². The molecule has 5 atom stereocenters. The number of carbonyl (C=O) groups is 1. The van der Waals surface area contributed by atoms with Crippen LogP contribution in [-0.4, -0.2) is 43.1 Å². The van der Waals surface area contributed by atoms with Crippen molar-refractivity contribution < 1.29 is 28.5 Å². The second-order valence-electron chi connectivity index (χ2n) is 11.3. The van der Waals surface area contributed by atoms with Crippen molar-refractivity contribution in [1.29, 1.82) is 0 Å². The summed E-state index contributed by atoms with van der Waals surface area (Å²) in [6.45, 7) is 3.29. The van der Waals surface area contributed by atoms with Gasteiger partial charge in [0.15, 0.2) is 6.10 Å². The van der Waals surface area contributed by atoms with Gasteiger partial charge in [0.2, 0.25) is 0 Å². The highest BCUT2D eigenvalue weighted by atomic mass is 16.6. The summed E-state index contributed by atoms with van der Waals surface area (Å²) in [7, 11) is 0. The minimum atomic E-state index is -0.718. The maximum absolute atomic E-state index is 13.3. The van der Waals surface area contributed by atoms with Gasteiger partial charge in [-0.15, -0.1) is 0 Å². The number of fused-ring (bicyclic) bond motifs is 1. The highest BCUT2D eigenvalue weighted by Gasteiger charge is 2.48. The second kappa shape index (κ2) is 15.1. The van der Waals surface area contributed by atoms with Crippen LogP contribution >= 0.6 is 0 Å². The Hall–Kier alpha value is -4.33. The Morgan fingerprint density at radius 3 is 1.89 bits per heavy atom. The Morgan fingerprint density at radius 2 is 1.18 bits per heavy atom. The predicted octanol–water partition coefficient (Wildman–Crippen LogP) is 7.54. The Labute approximate surface area is 264 Å². The van der Waals surface area contributed by atoms with Crippen LogP contribution in [0.3, 0.4) is 0 Å². The average molecular weight is 603 g/mol. The topological polar surface area (TPSA) is 63.2 Å². The van der Waals surface area contributed by atoms with Gasteiger partial charge in [0.05, 0.1) is 38.1 Å². The molecule has 0 bridgehead atoms. The zero-order chi connectivity index (χ0) is 30.8. The average Bonchev–Trinajstić information content (AvgIpc) is 3.09. The van der Waals surface area contributed by atoms with Crippen LogP contribution in [0.5, 0.6) is 0 Å². The van der Waals surface area contributed by atoms with Gasteiger partial charge in [-0.3, -0.25) is 0 Å². The molecule has 1 saturated heterocycles. The third-order valence-corrected chi connectivity index (χ3v) is 8.05. The molecule has 45 heavy (non-hydrogen) atoms. The number of esters is 1. The number of hydrogen-bond acceptors (Lipinski definition) is 6. The molecule has 0 aromatic heterocycles. The second-order valence-corrected chi connectivity index (χ2v) is 11.3. The molecule has 1 fully saturated rings. The molecule has 1 aliphatic heterocycles. The molecular weight excluding hydrogens is 564 g/mol. The number of carbonyl (C=O) groups excluding carboxylic acids is 1. The first-order valence-electron chi connectivity index (χ1n) is 15.4. The molecule has 0 saturated carbocycles. The maximum atomic E-state index is 13.3. The highest BCUT2D eigenvalue weighted by molar-refractivity contribution is 5.89. The largest absolute Gasteiger partial charge is 0.453 e. The standard InChI is InChI=1S/C39H38O6/c1-28-36(45-39(40)33-18-9-4-10-19-33)38(43-26-31-21-22-32-17-11-12-20-34(32)23-31)37(42-25-30-15-7-3-8-16-30)35(44-28)27-41-24-29-13-5-2-6-14-29/h2-23,28,35-38H,24-27H2,1H3. The number of benzene rings is 5. The van der Waals surface area contributed by atoms with Crippen molar-refractivity contribution in [1.82, 2.24) is 0 Å². The van der Waals surface area contributed by atoms with Crippen molar-refractivity contribution in [2.24, 2.45) is 0 Å². The van der Waals surface area contributed by atoms with E-state index in [1.165, 1.54) is 0 Å². The summed E-state index contributed by atoms with van der Waals surface area (Å²) in [5, 5.41) is 2.30. The van der Waals surface area contributed by atoms with Crippen LogP contribution in [0.1, 0.15) is 34.0 Å². The molecule has 6 nitrogen and oxygen atoms in total. The summed E-state index contributed by atoms with van der Waals surface area (Å²) in [5.41, 5.74) is 3.57. The fourth-order valence-corrected chi connectivity index (χ4v) is 5.71. The molecule has 0 amide bonds. The Bertz CT molecular complexity index is 1640. The first-order valence-corrected chi connectivity index (χ1v) is 15.4. The molecule has 1 heterocycles. The van der Waals surface area contributed by atoms with E-state index in [1.54, 1.807) is 12.1 Å². The molecule has 230 valence electrons. The molecule has 1 aliphatic rings. The quantitative estimate of drug-likeness (QED) is 0.138. The molecule has 5 aromatic carbocycles. The van der Waals surface area contributed by atoms with Gasteiger partial charge in [-0.25, -0.2) is 4.79 Å². The van der Waals surface area contributed by atoms with Gasteiger partial charge in [0, 0.05) is 0 Å². The first kappa shape index (κ1) is 30.7. The van der Waals surface area contributed by atoms with Crippen molar-refractivity contribution in [2.75, 3.05) is 6.61 Å². The van der Waals surface area contributed by atoms with E-state index in [-0.39, 0.29) is 6.61 Å². The highest BCUT2D eigenvalue weighted by Crippen LogP contribution is 2.31. The molecule has 0 radical (unpaired) electrons. The van der Waals surface area contributed by atoms with E-state index in [4.69, 9.17) is 23.7 Å². The SMILES string of the molecule is CC1OC(COCc2ccccc2)C(OCc2ccccc2)C(OCc2ccc3ccccc3c2)C1OC(=O)c1ccccc1. The van der Waals surface area contributed by atoms with Crippen LogP contribution < -0.4 is 0 Å². The molecule has 0 N–H and O–H groups in total. The smallest absolute Gasteiger partial charge is 0.338 e. The van der Waals surface area contributed by atoms with Crippen LogP contribution in [0.4, 0.5) is 0 Å². The zero-order valence-corrected chi connectivity index (χ0v) is 25.4. The Morgan fingerprint density at radius 1 is 0.600 bits per heavy atom. The van der Waals surface area contributed by atoms with E-state index in [2.05, 4.69) is 30.3 Å². The van der Waals surface area contributed by atoms with Gasteiger partial charge in [-0.05, 0) is 52.6 Å². The molecule has 5 aromatic rings. The molecule has 0 spiro atoms. The summed E-state index contributed by atoms with van der Waals surface area (Å²) in [6.07, 6.45) is -2.85. The molecule has 6 heteroatoms. The van der Waals surface area contributed by atoms with Gasteiger partial charge < -0.3 is 23.7 Å². The lowest BCUT2D eigenvalue weighted by atomic mass is 9.94. The van der Waals surface area contributed by atoms with Crippen LogP contribution in [0.2, 0.25) is 0 Å². The molecule has 5 unspecified atom stereocenters. The van der Waals surface area contributed by atoms with Gasteiger partial charge in [0.25, 0.3) is 0 Å². The molecule has 6 rings (SSSR count). The molecular formula is C39H38O6. The summed E-state index contributed by atoms with van der Waals surface area (Å²) in [5.74, 6) is -0.434. The summed E-state index contributed by atoms with van der Waals surface area (Å²) in [4.78, 5) is 13.3. The van der Waals surface area contributed by atoms with E-state index in [9.17, 15) is 4.79 Å². The van der Waals surface area contributed by atoms with Crippen molar-refractivity contribution in [3.05, 3.63) is 156 Å². The van der Waals surface area contributed by atoms with E-state index >= 15 is 0 Å². The van der Waals surface area contributed by atoms with Crippen molar-refractivity contribution in [2.45, 2.75) is 57.3 Å². The lowest BCUT2D eigenvalue weighted by Gasteiger charge is -2.45. The fourth-order valence-electron chi connectivity index (χ4n) is 5.71. The predicted molar refractivity (Wildman–Crippen MR) is 174 cm³/mol. The van der Waals surface area contributed by atoms with Crippen LogP contribution in [-0.2, 0) is 43.5 Å². The van der Waals surface area contributed by atoms with Gasteiger partial charge in [0.1, 0.15) is 18.3 Å². The van der Waals surface area contributed by atoms with Gasteiger partial charge in [-0.1, -0.05) is 115 Å². The summed E-state index contributed by atoms with van der Waals surface area (Å²) in [6, 6.07) is 43.5. The van der Waals surface area contributed by atoms with Crippen molar-refractivity contribution >= 4 is 16.7 Å². The third-order valence-electron chi connectivity index (χ3n) is 8.05. The van der Waals surface area contributed by atoms with Crippen molar-refractivity contribution in [3.8, 4) is 0 Å². The van der Waals surface area contributed by atoms with Crippen LogP contribution in [0.25, 0.3) is 10.8 Å². The fraction of sp³-hybridized carbons (Fsp3) is 0.256. The normalized spacial score (nSPS) is 21.4. The number of ether oxygens (including phenoxy) is 5. The summed E-state index contributed by atoms with van der Waals surface area (Å²) < 4.78 is 32.1. The Balaban J connectivity index is 1.27. The van der Waals surface area contributed by atoms with E-state index in [0.717, 1.165) is 27.5 Å². The summed E-state index contributed by atoms with van der Waals surface area (Å²) >= 11 is 0. The van der Waals surface area contributed by atoms with E-state index < -0.39 is 36.5 Å². The molecule has 0 aliphatic carbocycles. The Kier molecular flexibility index (Phi) is 10.3. The monoisotopic (exact) mass is 602 g/mol. The van der Waals surface area contributed by atoms with Crippen LogP contribution in [0.15, 0.2) is 133 Å². The van der Waals surface area contributed by atoms with Crippen molar-refractivity contribution in [3.63, 3.8) is 0 Å². The van der Waals surface area contributed by atoms with E-state index in [1.807, 2.05) is 97.9 Å². The minimum absolute atomic E-state index is 0.286. The third kappa shape index (κ3) is 8.04. The number of rotatable bonds is 12. The minimum Gasteiger partial charge on any atom is -0.453 e. The maximum Gasteiger partial charge on any atom is 0.338 e.